The zero-order valence-corrected chi connectivity index (χ0v) is 17.5. The summed E-state index contributed by atoms with van der Waals surface area (Å²) in [5.41, 5.74) is -4.59. The van der Waals surface area contributed by atoms with E-state index >= 15 is 0 Å². The van der Waals surface area contributed by atoms with Gasteiger partial charge in [0.15, 0.2) is 0 Å². The summed E-state index contributed by atoms with van der Waals surface area (Å²) in [5.74, 6) is -7.62. The molecule has 0 spiro atoms. The number of amidine groups is 2. The van der Waals surface area contributed by atoms with Gasteiger partial charge in [-0.05, 0) is 36.2 Å². The molecule has 2 aliphatic rings. The van der Waals surface area contributed by atoms with Crippen molar-refractivity contribution in [2.45, 2.75) is 30.7 Å². The summed E-state index contributed by atoms with van der Waals surface area (Å²) >= 11 is 0. The number of nitrogens with one attached hydrogen (secondary N) is 1. The van der Waals surface area contributed by atoms with E-state index in [1.54, 1.807) is 30.3 Å². The van der Waals surface area contributed by atoms with E-state index in [4.69, 9.17) is 0 Å². The zero-order chi connectivity index (χ0) is 25.6. The molecule has 1 unspecified atom stereocenters. The van der Waals surface area contributed by atoms with Crippen LogP contribution in [-0.2, 0) is 11.2 Å². The molecule has 4 rings (SSSR count). The van der Waals surface area contributed by atoms with E-state index in [0.29, 0.717) is 10.5 Å². The summed E-state index contributed by atoms with van der Waals surface area (Å²) in [6, 6.07) is 10.5. The Morgan fingerprint density at radius 1 is 0.886 bits per heavy atom. The monoisotopic (exact) mass is 500 g/mol. The van der Waals surface area contributed by atoms with Crippen LogP contribution in [0.1, 0.15) is 12.0 Å². The predicted molar refractivity (Wildman–Crippen MR) is 110 cm³/mol. The maximum atomic E-state index is 14.2. The number of aliphatic imine (C=N–C) groups is 2. The SMILES string of the molecule is O=C1NC(=O)N(c2ccc(F)cc2)C2=NC(CCc3ccccc3)=NC(C(F)(F)F)(C(F)(F)F)C12. The molecule has 0 aliphatic carbocycles. The minimum Gasteiger partial charge on any atom is -0.277 e. The molecule has 2 aromatic rings. The molecule has 184 valence electrons. The number of aryl methyl sites for hydroxylation is 1. The van der Waals surface area contributed by atoms with Crippen LogP contribution in [0, 0.1) is 11.7 Å². The number of rotatable bonds is 4. The van der Waals surface area contributed by atoms with Gasteiger partial charge in [-0.15, -0.1) is 0 Å². The number of carbonyl (C=O) groups is 2. The van der Waals surface area contributed by atoms with Gasteiger partial charge in [0.25, 0.3) is 5.54 Å². The predicted octanol–water partition coefficient (Wildman–Crippen LogP) is 4.80. The molecule has 1 N–H and O–H groups in total. The Hall–Kier alpha value is -3.77. The first-order chi connectivity index (χ1) is 16.3. The van der Waals surface area contributed by atoms with Crippen molar-refractivity contribution in [3.05, 3.63) is 66.0 Å². The lowest BCUT2D eigenvalue weighted by molar-refractivity contribution is -0.302. The third-order valence-electron chi connectivity index (χ3n) is 5.58. The van der Waals surface area contributed by atoms with Gasteiger partial charge in [-0.2, -0.15) is 26.3 Å². The molecule has 1 fully saturated rings. The summed E-state index contributed by atoms with van der Waals surface area (Å²) < 4.78 is 98.8. The fourth-order valence-electron chi connectivity index (χ4n) is 3.97. The molecule has 2 heterocycles. The molecular weight excluding hydrogens is 485 g/mol. The fourth-order valence-corrected chi connectivity index (χ4v) is 3.97. The number of imide groups is 1. The smallest absolute Gasteiger partial charge is 0.277 e. The summed E-state index contributed by atoms with van der Waals surface area (Å²) in [7, 11) is 0. The summed E-state index contributed by atoms with van der Waals surface area (Å²) in [4.78, 5) is 32.3. The lowest BCUT2D eigenvalue weighted by Gasteiger charge is -2.45. The molecule has 2 aliphatic heterocycles. The highest BCUT2D eigenvalue weighted by molar-refractivity contribution is 6.32. The molecule has 0 saturated carbocycles. The lowest BCUT2D eigenvalue weighted by Crippen LogP contribution is -2.73. The molecule has 3 amide bonds. The van der Waals surface area contributed by atoms with Crippen molar-refractivity contribution in [3.8, 4) is 0 Å². The van der Waals surface area contributed by atoms with E-state index in [1.165, 1.54) is 5.32 Å². The average Bonchev–Trinajstić information content (AvgIpc) is 2.77. The number of benzene rings is 2. The van der Waals surface area contributed by atoms with Crippen molar-refractivity contribution in [2.24, 2.45) is 15.9 Å². The number of hydrogen-bond donors (Lipinski definition) is 1. The minimum absolute atomic E-state index is 0.0103. The Kier molecular flexibility index (Phi) is 5.89. The van der Waals surface area contributed by atoms with Crippen LogP contribution in [0.4, 0.5) is 41.2 Å². The van der Waals surface area contributed by atoms with E-state index in [-0.39, 0.29) is 12.1 Å². The fraction of sp³-hybridized carbons (Fsp3) is 0.273. The van der Waals surface area contributed by atoms with Crippen LogP contribution in [0.25, 0.3) is 0 Å². The van der Waals surface area contributed by atoms with Gasteiger partial charge in [0, 0.05) is 6.42 Å². The van der Waals surface area contributed by atoms with Crippen LogP contribution in [0.15, 0.2) is 64.6 Å². The number of nitrogens with zero attached hydrogens (tertiary/aromatic N) is 3. The van der Waals surface area contributed by atoms with Gasteiger partial charge in [0.05, 0.1) is 5.69 Å². The molecule has 0 aromatic heterocycles. The first-order valence-electron chi connectivity index (χ1n) is 10.1. The van der Waals surface area contributed by atoms with Crippen LogP contribution >= 0.6 is 0 Å². The Bertz CT molecular complexity index is 1190. The van der Waals surface area contributed by atoms with E-state index in [1.807, 2.05) is 0 Å². The average molecular weight is 500 g/mol. The number of urea groups is 1. The number of alkyl halides is 6. The number of amides is 3. The second kappa shape index (κ2) is 8.47. The van der Waals surface area contributed by atoms with Crippen molar-refractivity contribution >= 4 is 29.3 Å². The molecule has 0 bridgehead atoms. The van der Waals surface area contributed by atoms with Gasteiger partial charge < -0.3 is 0 Å². The number of fused-ring (bicyclic) bond motifs is 1. The van der Waals surface area contributed by atoms with Crippen molar-refractivity contribution in [1.29, 1.82) is 0 Å². The maximum absolute atomic E-state index is 14.2. The molecule has 1 atom stereocenters. The number of halogens is 7. The lowest BCUT2D eigenvalue weighted by atomic mass is 9.78. The number of hydrogen-bond acceptors (Lipinski definition) is 4. The first kappa shape index (κ1) is 24.4. The van der Waals surface area contributed by atoms with E-state index < -0.39 is 59.7 Å². The van der Waals surface area contributed by atoms with Gasteiger partial charge in [-0.3, -0.25) is 10.1 Å². The highest BCUT2D eigenvalue weighted by Crippen LogP contribution is 2.53. The van der Waals surface area contributed by atoms with Crippen molar-refractivity contribution in [1.82, 2.24) is 5.32 Å². The maximum Gasteiger partial charge on any atom is 0.423 e. The van der Waals surface area contributed by atoms with Gasteiger partial charge in [-0.25, -0.2) is 24.1 Å². The molecule has 1 saturated heterocycles. The highest BCUT2D eigenvalue weighted by Gasteiger charge is 2.79. The molecule has 6 nitrogen and oxygen atoms in total. The third-order valence-corrected chi connectivity index (χ3v) is 5.58. The van der Waals surface area contributed by atoms with Crippen molar-refractivity contribution in [3.63, 3.8) is 0 Å². The second-order valence-electron chi connectivity index (χ2n) is 7.78. The summed E-state index contributed by atoms with van der Waals surface area (Å²) in [6.45, 7) is 0. The first-order valence-corrected chi connectivity index (χ1v) is 10.1. The molecule has 2 aromatic carbocycles. The Morgan fingerprint density at radius 2 is 1.49 bits per heavy atom. The van der Waals surface area contributed by atoms with Crippen LogP contribution < -0.4 is 10.2 Å². The normalized spacial score (nSPS) is 20.1. The Morgan fingerprint density at radius 3 is 2.06 bits per heavy atom. The molecule has 13 heteroatoms. The standard InChI is InChI=1S/C22H15F7N4O2/c23-13-7-9-14(10-8-13)33-17-16(18(34)31-19(33)35)20(21(24,25)26,22(27,28)29)32-15(30-17)11-6-12-4-2-1-3-5-12/h1-5,7-10,16H,6,11H2,(H,31,34,35). The summed E-state index contributed by atoms with van der Waals surface area (Å²) in [5, 5.41) is 1.52. The zero-order valence-electron chi connectivity index (χ0n) is 17.5. The van der Waals surface area contributed by atoms with Gasteiger partial charge in [-0.1, -0.05) is 30.3 Å². The van der Waals surface area contributed by atoms with E-state index in [9.17, 15) is 40.3 Å². The Balaban J connectivity index is 1.91. The molecule has 35 heavy (non-hydrogen) atoms. The van der Waals surface area contributed by atoms with Crippen LogP contribution in [-0.4, -0.2) is 41.5 Å². The third kappa shape index (κ3) is 4.15. The van der Waals surface area contributed by atoms with Gasteiger partial charge in [0.2, 0.25) is 5.91 Å². The number of carbonyl (C=O) groups excluding carboxylic acids is 2. The Labute approximate surface area is 193 Å². The quantitative estimate of drug-likeness (QED) is 0.613. The summed E-state index contributed by atoms with van der Waals surface area (Å²) in [6.07, 6.45) is -12.6. The highest BCUT2D eigenvalue weighted by atomic mass is 19.4. The van der Waals surface area contributed by atoms with Gasteiger partial charge in [0.1, 0.15) is 23.4 Å². The van der Waals surface area contributed by atoms with Crippen molar-refractivity contribution in [2.75, 3.05) is 4.90 Å². The van der Waals surface area contributed by atoms with Gasteiger partial charge >= 0.3 is 18.4 Å². The van der Waals surface area contributed by atoms with E-state index in [0.717, 1.165) is 24.3 Å². The minimum atomic E-state index is -6.08. The van der Waals surface area contributed by atoms with Crippen LogP contribution in [0.5, 0.6) is 0 Å². The number of anilines is 1. The van der Waals surface area contributed by atoms with Crippen LogP contribution in [0.3, 0.4) is 0 Å². The van der Waals surface area contributed by atoms with Crippen molar-refractivity contribution < 1.29 is 40.3 Å². The molecule has 0 radical (unpaired) electrons. The largest absolute Gasteiger partial charge is 0.423 e. The van der Waals surface area contributed by atoms with Crippen LogP contribution in [0.2, 0.25) is 0 Å². The second-order valence-corrected chi connectivity index (χ2v) is 7.78. The van der Waals surface area contributed by atoms with E-state index in [2.05, 4.69) is 9.98 Å². The molecular formula is C22H15F7N4O2. The topological polar surface area (TPSA) is 74.1 Å².